The van der Waals surface area contributed by atoms with Gasteiger partial charge in [-0.25, -0.2) is 4.79 Å². The molecule has 3 nitrogen and oxygen atoms in total. The minimum atomic E-state index is -0.886. The van der Waals surface area contributed by atoms with Crippen molar-refractivity contribution < 1.29 is 9.90 Å². The first-order valence-corrected chi connectivity index (χ1v) is 9.26. The maximum atomic E-state index is 10.9. The summed E-state index contributed by atoms with van der Waals surface area (Å²) in [7, 11) is 0. The van der Waals surface area contributed by atoms with E-state index in [-0.39, 0.29) is 5.41 Å². The summed E-state index contributed by atoms with van der Waals surface area (Å²) in [5, 5.41) is 13.3. The van der Waals surface area contributed by atoms with Crippen molar-refractivity contribution in [3.8, 4) is 0 Å². The molecule has 1 aliphatic carbocycles. The average molecular weight is 358 g/mol. The smallest absolute Gasteiger partial charge is 0.335 e. The first kappa shape index (κ1) is 18.0. The third kappa shape index (κ3) is 4.42. The Morgan fingerprint density at radius 2 is 1.64 bits per heavy atom. The highest BCUT2D eigenvalue weighted by atomic mass is 35.5. The van der Waals surface area contributed by atoms with Crippen molar-refractivity contribution in [3.05, 3.63) is 70.2 Å². The van der Waals surface area contributed by atoms with Crippen LogP contribution >= 0.6 is 11.6 Å². The molecule has 0 spiro atoms. The summed E-state index contributed by atoms with van der Waals surface area (Å²) in [4.78, 5) is 10.9. The second kappa shape index (κ2) is 8.03. The van der Waals surface area contributed by atoms with Crippen molar-refractivity contribution in [2.75, 3.05) is 6.54 Å². The van der Waals surface area contributed by atoms with Crippen LogP contribution in [0.4, 0.5) is 0 Å². The number of hydrogen-bond acceptors (Lipinski definition) is 2. The minimum absolute atomic E-state index is 0.170. The molecule has 1 aliphatic rings. The molecule has 0 aromatic heterocycles. The predicted molar refractivity (Wildman–Crippen MR) is 101 cm³/mol. The predicted octanol–water partition coefficient (Wildman–Crippen LogP) is 5.03. The summed E-state index contributed by atoms with van der Waals surface area (Å²) >= 11 is 6.06. The molecule has 2 N–H and O–H groups in total. The fourth-order valence-electron chi connectivity index (χ4n) is 3.81. The van der Waals surface area contributed by atoms with Crippen LogP contribution in [0.15, 0.2) is 48.5 Å². The van der Waals surface area contributed by atoms with Gasteiger partial charge in [0.15, 0.2) is 0 Å². The molecule has 3 rings (SSSR count). The Labute approximate surface area is 154 Å². The number of hydrogen-bond donors (Lipinski definition) is 2. The van der Waals surface area contributed by atoms with E-state index in [0.29, 0.717) is 5.56 Å². The molecule has 2 aromatic rings. The van der Waals surface area contributed by atoms with Gasteiger partial charge in [0, 0.05) is 23.5 Å². The van der Waals surface area contributed by atoms with E-state index in [1.165, 1.54) is 37.7 Å². The van der Waals surface area contributed by atoms with Crippen molar-refractivity contribution >= 4 is 17.6 Å². The molecule has 2 aromatic carbocycles. The molecular formula is C21H24ClNO2. The summed E-state index contributed by atoms with van der Waals surface area (Å²) < 4.78 is 0. The van der Waals surface area contributed by atoms with E-state index < -0.39 is 5.97 Å². The summed E-state index contributed by atoms with van der Waals surface area (Å²) in [6.07, 6.45) is 6.22. The number of aromatic carboxylic acids is 1. The molecule has 0 radical (unpaired) electrons. The van der Waals surface area contributed by atoms with Crippen LogP contribution in [-0.2, 0) is 12.0 Å². The second-order valence-electron chi connectivity index (χ2n) is 6.95. The zero-order valence-electron chi connectivity index (χ0n) is 14.3. The fraction of sp³-hybridized carbons (Fsp3) is 0.381. The van der Waals surface area contributed by atoms with Gasteiger partial charge in [0.1, 0.15) is 0 Å². The minimum Gasteiger partial charge on any atom is -0.478 e. The van der Waals surface area contributed by atoms with Gasteiger partial charge in [0.2, 0.25) is 0 Å². The first-order chi connectivity index (χ1) is 12.1. The van der Waals surface area contributed by atoms with Crippen molar-refractivity contribution in [2.24, 2.45) is 0 Å². The number of carboxylic acid groups (broad SMARTS) is 1. The van der Waals surface area contributed by atoms with Crippen LogP contribution in [0.3, 0.4) is 0 Å². The Hall–Kier alpha value is -1.84. The van der Waals surface area contributed by atoms with E-state index in [4.69, 9.17) is 16.7 Å². The highest BCUT2D eigenvalue weighted by molar-refractivity contribution is 6.30. The molecular weight excluding hydrogens is 334 g/mol. The summed E-state index contributed by atoms with van der Waals surface area (Å²) in [5.74, 6) is -0.886. The molecule has 4 heteroatoms. The molecule has 0 bridgehead atoms. The summed E-state index contributed by atoms with van der Waals surface area (Å²) in [6.45, 7) is 1.67. The van der Waals surface area contributed by atoms with E-state index in [9.17, 15) is 4.79 Å². The van der Waals surface area contributed by atoms with Crippen LogP contribution in [-0.4, -0.2) is 17.6 Å². The highest BCUT2D eigenvalue weighted by Crippen LogP contribution is 2.39. The van der Waals surface area contributed by atoms with Crippen LogP contribution in [0.25, 0.3) is 0 Å². The van der Waals surface area contributed by atoms with Gasteiger partial charge in [-0.1, -0.05) is 55.1 Å². The molecule has 1 fully saturated rings. The van der Waals surface area contributed by atoms with Gasteiger partial charge in [-0.15, -0.1) is 0 Å². The van der Waals surface area contributed by atoms with E-state index >= 15 is 0 Å². The molecule has 0 aliphatic heterocycles. The second-order valence-corrected chi connectivity index (χ2v) is 7.39. The van der Waals surface area contributed by atoms with Gasteiger partial charge in [-0.3, -0.25) is 0 Å². The zero-order valence-corrected chi connectivity index (χ0v) is 15.1. The molecule has 0 unspecified atom stereocenters. The summed E-state index contributed by atoms with van der Waals surface area (Å²) in [5.41, 5.74) is 2.97. The van der Waals surface area contributed by atoms with Crippen molar-refractivity contribution in [3.63, 3.8) is 0 Å². The highest BCUT2D eigenvalue weighted by Gasteiger charge is 2.33. The van der Waals surface area contributed by atoms with Crippen LogP contribution in [0.1, 0.15) is 53.6 Å². The van der Waals surface area contributed by atoms with E-state index in [0.717, 1.165) is 23.7 Å². The van der Waals surface area contributed by atoms with Gasteiger partial charge >= 0.3 is 5.97 Å². The Morgan fingerprint density at radius 3 is 2.24 bits per heavy atom. The number of carbonyl (C=O) groups is 1. The van der Waals surface area contributed by atoms with Crippen LogP contribution in [0.2, 0.25) is 5.02 Å². The average Bonchev–Trinajstić information content (AvgIpc) is 2.63. The van der Waals surface area contributed by atoms with Gasteiger partial charge in [-0.2, -0.15) is 0 Å². The van der Waals surface area contributed by atoms with Crippen molar-refractivity contribution in [2.45, 2.75) is 44.1 Å². The van der Waals surface area contributed by atoms with E-state index in [1.54, 1.807) is 12.1 Å². The third-order valence-corrected chi connectivity index (χ3v) is 5.51. The quantitative estimate of drug-likeness (QED) is 0.762. The monoisotopic (exact) mass is 357 g/mol. The van der Waals surface area contributed by atoms with E-state index in [1.807, 2.05) is 24.3 Å². The fourth-order valence-corrected chi connectivity index (χ4v) is 3.94. The van der Waals surface area contributed by atoms with Crippen LogP contribution in [0.5, 0.6) is 0 Å². The third-order valence-electron chi connectivity index (χ3n) is 5.26. The standard InChI is InChI=1S/C21H24ClNO2/c22-19-10-8-18(9-11-19)21(12-2-1-3-13-21)15-23-14-16-4-6-17(7-5-16)20(24)25/h4-11,23H,1-3,12-15H2,(H,24,25). The normalized spacial score (nSPS) is 16.5. The zero-order chi connectivity index (χ0) is 17.7. The van der Waals surface area contributed by atoms with Crippen molar-refractivity contribution in [1.82, 2.24) is 5.32 Å². The molecule has 1 saturated carbocycles. The topological polar surface area (TPSA) is 49.3 Å². The first-order valence-electron chi connectivity index (χ1n) is 8.88. The lowest BCUT2D eigenvalue weighted by atomic mass is 9.69. The number of nitrogens with one attached hydrogen (secondary N) is 1. The number of benzene rings is 2. The van der Waals surface area contributed by atoms with Gasteiger partial charge < -0.3 is 10.4 Å². The van der Waals surface area contributed by atoms with Gasteiger partial charge in [-0.05, 0) is 48.2 Å². The maximum Gasteiger partial charge on any atom is 0.335 e. The summed E-state index contributed by atoms with van der Waals surface area (Å²) in [6, 6.07) is 15.4. The lowest BCUT2D eigenvalue weighted by Gasteiger charge is -2.38. The Morgan fingerprint density at radius 1 is 1.00 bits per heavy atom. The maximum absolute atomic E-state index is 10.9. The van der Waals surface area contributed by atoms with Gasteiger partial charge in [0.25, 0.3) is 0 Å². The molecule has 132 valence electrons. The lowest BCUT2D eigenvalue weighted by molar-refractivity contribution is 0.0697. The Balaban J connectivity index is 1.67. The Kier molecular flexibility index (Phi) is 5.77. The van der Waals surface area contributed by atoms with E-state index in [2.05, 4.69) is 17.4 Å². The number of rotatable bonds is 6. The largest absolute Gasteiger partial charge is 0.478 e. The van der Waals surface area contributed by atoms with Crippen molar-refractivity contribution in [1.29, 1.82) is 0 Å². The number of carboxylic acids is 1. The van der Waals surface area contributed by atoms with Gasteiger partial charge in [0.05, 0.1) is 5.56 Å². The van der Waals surface area contributed by atoms with Crippen LogP contribution < -0.4 is 5.32 Å². The molecule has 0 saturated heterocycles. The molecule has 0 amide bonds. The SMILES string of the molecule is O=C(O)c1ccc(CNCC2(c3ccc(Cl)cc3)CCCCC2)cc1. The lowest BCUT2D eigenvalue weighted by Crippen LogP contribution is -2.39. The number of halogens is 1. The molecule has 25 heavy (non-hydrogen) atoms. The molecule has 0 heterocycles. The van der Waals surface area contributed by atoms with Crippen LogP contribution in [0, 0.1) is 0 Å². The molecule has 0 atom stereocenters. The Bertz CT molecular complexity index is 704.